The van der Waals surface area contributed by atoms with Gasteiger partial charge in [-0.2, -0.15) is 5.10 Å². The maximum Gasteiger partial charge on any atom is 0.0860 e. The minimum atomic E-state index is 0.737. The fraction of sp³-hybridized carbons (Fsp3) is 0.400. The first-order valence-corrected chi connectivity index (χ1v) is 6.97. The Balaban J connectivity index is 1.97. The Kier molecular flexibility index (Phi) is 4.61. The van der Waals surface area contributed by atoms with E-state index in [0.29, 0.717) is 0 Å². The van der Waals surface area contributed by atoms with E-state index in [2.05, 4.69) is 48.5 Å². The highest BCUT2D eigenvalue weighted by molar-refractivity contribution is 6.31. The van der Waals surface area contributed by atoms with Crippen LogP contribution in [0.2, 0.25) is 5.02 Å². The predicted molar refractivity (Wildman–Crippen MR) is 79.4 cm³/mol. The van der Waals surface area contributed by atoms with Gasteiger partial charge in [-0.3, -0.25) is 4.68 Å². The Morgan fingerprint density at radius 3 is 2.47 bits per heavy atom. The van der Waals surface area contributed by atoms with Crippen LogP contribution in [-0.4, -0.2) is 9.78 Å². The first-order valence-electron chi connectivity index (χ1n) is 6.60. The van der Waals surface area contributed by atoms with Gasteiger partial charge in [-0.1, -0.05) is 41.4 Å². The lowest BCUT2D eigenvalue weighted by atomic mass is 10.1. The Hall–Kier alpha value is -1.32. The van der Waals surface area contributed by atoms with Gasteiger partial charge in [0, 0.05) is 19.6 Å². The highest BCUT2D eigenvalue weighted by atomic mass is 35.5. The van der Waals surface area contributed by atoms with E-state index in [1.807, 2.05) is 11.6 Å². The molecule has 4 heteroatoms. The summed E-state index contributed by atoms with van der Waals surface area (Å²) in [5.74, 6) is 0. The second kappa shape index (κ2) is 6.22. The lowest BCUT2D eigenvalue weighted by Crippen LogP contribution is -2.16. The molecule has 2 rings (SSSR count). The van der Waals surface area contributed by atoms with Crippen molar-refractivity contribution in [3.05, 3.63) is 51.8 Å². The van der Waals surface area contributed by atoms with E-state index in [0.717, 1.165) is 36.0 Å². The van der Waals surface area contributed by atoms with E-state index in [1.165, 1.54) is 11.1 Å². The molecule has 1 heterocycles. The molecule has 0 aliphatic rings. The van der Waals surface area contributed by atoms with Crippen LogP contribution in [0.5, 0.6) is 0 Å². The number of nitrogens with zero attached hydrogens (tertiary/aromatic N) is 2. The fourth-order valence-corrected chi connectivity index (χ4v) is 2.27. The number of aromatic nitrogens is 2. The van der Waals surface area contributed by atoms with E-state index >= 15 is 0 Å². The lowest BCUT2D eigenvalue weighted by molar-refractivity contribution is 0.579. The minimum absolute atomic E-state index is 0.737. The van der Waals surface area contributed by atoms with E-state index in [-0.39, 0.29) is 0 Å². The van der Waals surface area contributed by atoms with Gasteiger partial charge in [0.05, 0.1) is 16.4 Å². The van der Waals surface area contributed by atoms with Crippen LogP contribution in [0.25, 0.3) is 0 Å². The van der Waals surface area contributed by atoms with E-state index < -0.39 is 0 Å². The van der Waals surface area contributed by atoms with E-state index in [1.54, 1.807) is 0 Å². The first-order chi connectivity index (χ1) is 9.11. The third-order valence-corrected chi connectivity index (χ3v) is 3.69. The van der Waals surface area contributed by atoms with Crippen molar-refractivity contribution in [2.75, 3.05) is 0 Å². The van der Waals surface area contributed by atoms with Crippen molar-refractivity contribution in [1.29, 1.82) is 0 Å². The van der Waals surface area contributed by atoms with Gasteiger partial charge in [-0.05, 0) is 26.3 Å². The number of hydrogen-bond acceptors (Lipinski definition) is 2. The summed E-state index contributed by atoms with van der Waals surface area (Å²) in [5.41, 5.74) is 4.52. The molecule has 0 bridgehead atoms. The molecule has 0 spiro atoms. The van der Waals surface area contributed by atoms with Crippen molar-refractivity contribution < 1.29 is 0 Å². The predicted octanol–water partition coefficient (Wildman–Crippen LogP) is 3.46. The molecule has 0 saturated heterocycles. The molecule has 1 aromatic carbocycles. The van der Waals surface area contributed by atoms with Gasteiger partial charge in [0.15, 0.2) is 0 Å². The van der Waals surface area contributed by atoms with Crippen LogP contribution in [0.3, 0.4) is 0 Å². The van der Waals surface area contributed by atoms with Crippen LogP contribution < -0.4 is 5.32 Å². The number of rotatable bonds is 5. The van der Waals surface area contributed by atoms with Crippen molar-refractivity contribution in [2.45, 2.75) is 40.4 Å². The van der Waals surface area contributed by atoms with Crippen LogP contribution in [0.15, 0.2) is 24.3 Å². The summed E-state index contributed by atoms with van der Waals surface area (Å²) < 4.78 is 1.96. The largest absolute Gasteiger partial charge is 0.307 e. The van der Waals surface area contributed by atoms with Gasteiger partial charge in [0.2, 0.25) is 0 Å². The maximum atomic E-state index is 6.27. The normalized spacial score (nSPS) is 10.9. The Labute approximate surface area is 119 Å². The van der Waals surface area contributed by atoms with Crippen molar-refractivity contribution in [2.24, 2.45) is 0 Å². The van der Waals surface area contributed by atoms with Gasteiger partial charge in [-0.15, -0.1) is 0 Å². The standard InChI is InChI=1S/C15H20ClN3/c1-4-19-14(15(16)12(3)18-19)10-17-9-13-7-5-11(2)6-8-13/h5-8,17H,4,9-10H2,1-3H3. The van der Waals surface area contributed by atoms with Crippen LogP contribution in [0.1, 0.15) is 29.4 Å². The van der Waals surface area contributed by atoms with Gasteiger partial charge >= 0.3 is 0 Å². The van der Waals surface area contributed by atoms with E-state index in [4.69, 9.17) is 11.6 Å². The maximum absolute atomic E-state index is 6.27. The average Bonchev–Trinajstić information content (AvgIpc) is 2.68. The summed E-state index contributed by atoms with van der Waals surface area (Å²) in [6, 6.07) is 8.55. The molecule has 1 aromatic heterocycles. The molecular weight excluding hydrogens is 258 g/mol. The highest BCUT2D eigenvalue weighted by Crippen LogP contribution is 2.20. The van der Waals surface area contributed by atoms with Crippen molar-refractivity contribution in [3.8, 4) is 0 Å². The van der Waals surface area contributed by atoms with Crippen molar-refractivity contribution >= 4 is 11.6 Å². The van der Waals surface area contributed by atoms with Crippen molar-refractivity contribution in [1.82, 2.24) is 15.1 Å². The summed E-state index contributed by atoms with van der Waals surface area (Å²) in [6.07, 6.45) is 0. The highest BCUT2D eigenvalue weighted by Gasteiger charge is 2.11. The molecule has 0 aliphatic carbocycles. The number of halogens is 1. The first kappa shape index (κ1) is 14.1. The van der Waals surface area contributed by atoms with Crippen LogP contribution in [-0.2, 0) is 19.6 Å². The fourth-order valence-electron chi connectivity index (χ4n) is 2.07. The van der Waals surface area contributed by atoms with Crippen LogP contribution >= 0.6 is 11.6 Å². The number of hydrogen-bond donors (Lipinski definition) is 1. The third kappa shape index (κ3) is 3.37. The monoisotopic (exact) mass is 277 g/mol. The Bertz CT molecular complexity index is 543. The average molecular weight is 278 g/mol. The second-order valence-electron chi connectivity index (χ2n) is 4.75. The molecule has 0 aliphatic heterocycles. The molecule has 19 heavy (non-hydrogen) atoms. The molecule has 0 amide bonds. The van der Waals surface area contributed by atoms with E-state index in [9.17, 15) is 0 Å². The summed E-state index contributed by atoms with van der Waals surface area (Å²) in [7, 11) is 0. The minimum Gasteiger partial charge on any atom is -0.307 e. The molecule has 0 atom stereocenters. The molecule has 0 fully saturated rings. The van der Waals surface area contributed by atoms with Crippen LogP contribution in [0, 0.1) is 13.8 Å². The summed E-state index contributed by atoms with van der Waals surface area (Å²) in [4.78, 5) is 0. The lowest BCUT2D eigenvalue weighted by Gasteiger charge is -2.08. The number of nitrogens with one attached hydrogen (secondary N) is 1. The molecule has 2 aromatic rings. The molecular formula is C15H20ClN3. The van der Waals surface area contributed by atoms with Gasteiger partial charge < -0.3 is 5.32 Å². The summed E-state index contributed by atoms with van der Waals surface area (Å²) in [6.45, 7) is 8.53. The Morgan fingerprint density at radius 2 is 1.84 bits per heavy atom. The van der Waals surface area contributed by atoms with Crippen LogP contribution in [0.4, 0.5) is 0 Å². The quantitative estimate of drug-likeness (QED) is 0.907. The summed E-state index contributed by atoms with van der Waals surface area (Å²) >= 11 is 6.27. The smallest absolute Gasteiger partial charge is 0.0860 e. The van der Waals surface area contributed by atoms with Gasteiger partial charge in [-0.25, -0.2) is 0 Å². The molecule has 0 saturated carbocycles. The third-order valence-electron chi connectivity index (χ3n) is 3.20. The zero-order chi connectivity index (χ0) is 13.8. The topological polar surface area (TPSA) is 29.9 Å². The van der Waals surface area contributed by atoms with Crippen molar-refractivity contribution in [3.63, 3.8) is 0 Å². The molecule has 3 nitrogen and oxygen atoms in total. The molecule has 1 N–H and O–H groups in total. The molecule has 0 unspecified atom stereocenters. The van der Waals surface area contributed by atoms with Gasteiger partial charge in [0.25, 0.3) is 0 Å². The molecule has 102 valence electrons. The zero-order valence-corrected chi connectivity index (χ0v) is 12.5. The van der Waals surface area contributed by atoms with Gasteiger partial charge in [0.1, 0.15) is 0 Å². The zero-order valence-electron chi connectivity index (χ0n) is 11.7. The SMILES string of the molecule is CCn1nc(C)c(Cl)c1CNCc1ccc(C)cc1. The number of benzene rings is 1. The summed E-state index contributed by atoms with van der Waals surface area (Å²) in [5, 5.41) is 8.61. The second-order valence-corrected chi connectivity index (χ2v) is 5.13. The Morgan fingerprint density at radius 1 is 1.16 bits per heavy atom. The number of aryl methyl sites for hydroxylation is 3. The molecule has 0 radical (unpaired) electrons.